The molecular weight excluding hydrogens is 392 g/mol. The minimum atomic E-state index is 0.0987. The topological polar surface area (TPSA) is 32.3 Å². The maximum Gasteiger partial charge on any atom is 0.253 e. The van der Waals surface area contributed by atoms with Gasteiger partial charge in [0, 0.05) is 24.8 Å². The zero-order valence-corrected chi connectivity index (χ0v) is 18.6. The Bertz CT molecular complexity index is 1130. The van der Waals surface area contributed by atoms with Crippen LogP contribution in [-0.2, 0) is 6.54 Å². The van der Waals surface area contributed by atoms with Gasteiger partial charge in [-0.15, -0.1) is 0 Å². The quantitative estimate of drug-likeness (QED) is 0.538. The normalized spacial score (nSPS) is 27.3. The van der Waals surface area contributed by atoms with Gasteiger partial charge in [0.1, 0.15) is 0 Å². The Morgan fingerprint density at radius 1 is 0.938 bits per heavy atom. The molecule has 3 nitrogen and oxygen atoms in total. The van der Waals surface area contributed by atoms with Gasteiger partial charge < -0.3 is 10.2 Å². The number of fused-ring (bicyclic) bond motifs is 7. The van der Waals surface area contributed by atoms with Gasteiger partial charge in [-0.25, -0.2) is 0 Å². The summed E-state index contributed by atoms with van der Waals surface area (Å²) in [5.41, 5.74) is 5.94. The van der Waals surface area contributed by atoms with Gasteiger partial charge in [-0.3, -0.25) is 4.79 Å². The van der Waals surface area contributed by atoms with Gasteiger partial charge in [0.25, 0.3) is 5.91 Å². The van der Waals surface area contributed by atoms with Crippen molar-refractivity contribution in [3.8, 4) is 0 Å². The van der Waals surface area contributed by atoms with Crippen LogP contribution in [0, 0.1) is 17.8 Å². The number of hydrogen-bond acceptors (Lipinski definition) is 2. The first-order valence-corrected chi connectivity index (χ1v) is 11.9. The van der Waals surface area contributed by atoms with Crippen LogP contribution >= 0.6 is 0 Å². The molecule has 0 saturated heterocycles. The molecule has 162 valence electrons. The first kappa shape index (κ1) is 19.6. The van der Waals surface area contributed by atoms with E-state index in [0.717, 1.165) is 23.0 Å². The third-order valence-electron chi connectivity index (χ3n) is 8.10. The van der Waals surface area contributed by atoms with Crippen molar-refractivity contribution in [3.63, 3.8) is 0 Å². The molecule has 5 atom stereocenters. The van der Waals surface area contributed by atoms with E-state index in [9.17, 15) is 4.79 Å². The molecule has 0 spiro atoms. The van der Waals surface area contributed by atoms with E-state index < -0.39 is 0 Å². The summed E-state index contributed by atoms with van der Waals surface area (Å²) in [6.45, 7) is 0.627. The van der Waals surface area contributed by atoms with Crippen molar-refractivity contribution in [2.45, 2.75) is 37.8 Å². The summed E-state index contributed by atoms with van der Waals surface area (Å²) in [4.78, 5) is 15.1. The molecule has 3 aliphatic rings. The third kappa shape index (κ3) is 3.23. The number of amides is 1. The fourth-order valence-electron chi connectivity index (χ4n) is 6.76. The second kappa shape index (κ2) is 7.81. The van der Waals surface area contributed by atoms with E-state index in [4.69, 9.17) is 0 Å². The van der Waals surface area contributed by atoms with E-state index in [0.29, 0.717) is 24.4 Å². The predicted octanol–water partition coefficient (Wildman–Crippen LogP) is 6.26. The molecule has 0 unspecified atom stereocenters. The molecule has 0 radical (unpaired) electrons. The second-order valence-corrected chi connectivity index (χ2v) is 9.92. The maximum absolute atomic E-state index is 13.3. The van der Waals surface area contributed by atoms with Crippen molar-refractivity contribution in [1.29, 1.82) is 0 Å². The van der Waals surface area contributed by atoms with Crippen molar-refractivity contribution in [2.75, 3.05) is 12.4 Å². The molecule has 2 aliphatic carbocycles. The lowest BCUT2D eigenvalue weighted by Gasteiger charge is -2.43. The van der Waals surface area contributed by atoms with Gasteiger partial charge >= 0.3 is 0 Å². The van der Waals surface area contributed by atoms with E-state index in [1.165, 1.54) is 36.1 Å². The molecule has 2 saturated carbocycles. The van der Waals surface area contributed by atoms with E-state index in [1.807, 2.05) is 36.2 Å². The first-order valence-electron chi connectivity index (χ1n) is 11.9. The molecule has 3 heteroatoms. The Labute approximate surface area is 190 Å². The molecule has 6 rings (SSSR count). The van der Waals surface area contributed by atoms with Crippen LogP contribution in [0.1, 0.15) is 58.3 Å². The lowest BCUT2D eigenvalue weighted by molar-refractivity contribution is 0.0785. The highest BCUT2D eigenvalue weighted by Gasteiger charge is 2.53. The van der Waals surface area contributed by atoms with Crippen LogP contribution in [-0.4, -0.2) is 17.9 Å². The van der Waals surface area contributed by atoms with Gasteiger partial charge in [0.2, 0.25) is 0 Å². The molecule has 1 N–H and O–H groups in total. The van der Waals surface area contributed by atoms with Gasteiger partial charge in [0.05, 0.1) is 6.04 Å². The van der Waals surface area contributed by atoms with Gasteiger partial charge in [-0.1, -0.05) is 60.7 Å². The molecule has 2 fully saturated rings. The van der Waals surface area contributed by atoms with Crippen LogP contribution in [0.3, 0.4) is 0 Å². The minimum absolute atomic E-state index is 0.0987. The Morgan fingerprint density at radius 2 is 1.66 bits per heavy atom. The molecule has 1 aliphatic heterocycles. The largest absolute Gasteiger partial charge is 0.378 e. The summed E-state index contributed by atoms with van der Waals surface area (Å²) >= 11 is 0. The number of hydrogen-bond donors (Lipinski definition) is 1. The zero-order chi connectivity index (χ0) is 21.7. The van der Waals surface area contributed by atoms with Crippen molar-refractivity contribution in [2.24, 2.45) is 17.8 Å². The lowest BCUT2D eigenvalue weighted by atomic mass is 9.68. The lowest BCUT2D eigenvalue weighted by Crippen LogP contribution is -2.35. The highest BCUT2D eigenvalue weighted by molar-refractivity contribution is 5.95. The Kier molecular flexibility index (Phi) is 4.78. The summed E-state index contributed by atoms with van der Waals surface area (Å²) < 4.78 is 0. The average Bonchev–Trinajstić information content (AvgIpc) is 3.47. The highest BCUT2D eigenvalue weighted by Crippen LogP contribution is 2.63. The van der Waals surface area contributed by atoms with Gasteiger partial charge in [0.15, 0.2) is 0 Å². The number of anilines is 1. The average molecular weight is 423 g/mol. The molecular formula is C29H30N2O. The van der Waals surface area contributed by atoms with Crippen molar-refractivity contribution in [1.82, 2.24) is 4.90 Å². The standard InChI is InChI=1S/C29H30N2O/c1-31(18-19-8-4-2-5-9-19)29(32)23-14-15-25-24(17-23)26-21-12-13-22(16-21)27(26)28(30-25)20-10-6-3-7-11-20/h2-11,14-15,17,21-22,26-28,30H,12-13,16,18H2,1H3/t21-,22-,26-,27-,28+/m0/s1. The second-order valence-electron chi connectivity index (χ2n) is 9.92. The summed E-state index contributed by atoms with van der Waals surface area (Å²) in [7, 11) is 1.90. The fourth-order valence-corrected chi connectivity index (χ4v) is 6.76. The molecule has 3 aromatic rings. The third-order valence-corrected chi connectivity index (χ3v) is 8.10. The minimum Gasteiger partial charge on any atom is -0.378 e. The Hall–Kier alpha value is -3.07. The van der Waals surface area contributed by atoms with E-state index >= 15 is 0 Å². The van der Waals surface area contributed by atoms with Crippen LogP contribution in [0.15, 0.2) is 78.9 Å². The summed E-state index contributed by atoms with van der Waals surface area (Å²) in [5, 5.41) is 3.88. The predicted molar refractivity (Wildman–Crippen MR) is 129 cm³/mol. The van der Waals surface area contributed by atoms with E-state index in [2.05, 4.69) is 59.9 Å². The fraction of sp³-hybridized carbons (Fsp3) is 0.345. The van der Waals surface area contributed by atoms with Gasteiger partial charge in [-0.05, 0) is 77.8 Å². The Morgan fingerprint density at radius 3 is 2.44 bits per heavy atom. The monoisotopic (exact) mass is 422 g/mol. The first-order chi connectivity index (χ1) is 15.7. The Balaban J connectivity index is 1.32. The van der Waals surface area contributed by atoms with E-state index in [1.54, 1.807) is 0 Å². The van der Waals surface area contributed by atoms with Crippen molar-refractivity contribution in [3.05, 3.63) is 101 Å². The molecule has 1 heterocycles. The molecule has 32 heavy (non-hydrogen) atoms. The van der Waals surface area contributed by atoms with Crippen molar-refractivity contribution < 1.29 is 4.79 Å². The molecule has 0 aromatic heterocycles. The van der Waals surface area contributed by atoms with Gasteiger partial charge in [-0.2, -0.15) is 0 Å². The number of nitrogens with zero attached hydrogens (tertiary/aromatic N) is 1. The van der Waals surface area contributed by atoms with Crippen LogP contribution in [0.4, 0.5) is 5.69 Å². The summed E-state index contributed by atoms with van der Waals surface area (Å²) in [5.74, 6) is 2.82. The smallest absolute Gasteiger partial charge is 0.253 e. The van der Waals surface area contributed by atoms with Crippen LogP contribution in [0.2, 0.25) is 0 Å². The van der Waals surface area contributed by atoms with E-state index in [-0.39, 0.29) is 5.91 Å². The molecule has 1 amide bonds. The maximum atomic E-state index is 13.3. The summed E-state index contributed by atoms with van der Waals surface area (Å²) in [6.07, 6.45) is 4.02. The van der Waals surface area contributed by atoms with Crippen LogP contribution in [0.25, 0.3) is 0 Å². The highest BCUT2D eigenvalue weighted by atomic mass is 16.2. The number of carbonyl (C=O) groups is 1. The SMILES string of the molecule is CN(Cc1ccccc1)C(=O)c1ccc2c(c1)[C@@H]1[C@H]3CC[C@@H](C3)[C@@H]1[C@@H](c1ccccc1)N2. The number of carbonyl (C=O) groups excluding carboxylic acids is 1. The molecule has 2 bridgehead atoms. The molecule has 3 aromatic carbocycles. The zero-order valence-electron chi connectivity index (χ0n) is 18.6. The summed E-state index contributed by atoms with van der Waals surface area (Å²) in [6, 6.07) is 27.9. The van der Waals surface area contributed by atoms with Crippen LogP contribution in [0.5, 0.6) is 0 Å². The number of benzene rings is 3. The van der Waals surface area contributed by atoms with Crippen LogP contribution < -0.4 is 5.32 Å². The number of nitrogens with one attached hydrogen (secondary N) is 1. The van der Waals surface area contributed by atoms with Crippen molar-refractivity contribution >= 4 is 11.6 Å². The number of rotatable bonds is 4.